The second-order valence-corrected chi connectivity index (χ2v) is 8.47. The summed E-state index contributed by atoms with van der Waals surface area (Å²) in [6.45, 7) is 11.1. The van der Waals surface area contributed by atoms with Gasteiger partial charge in [-0.05, 0) is 77.5 Å². The average Bonchev–Trinajstić information content (AvgIpc) is 2.93. The number of allylic oxidation sites excluding steroid dienone is 4. The summed E-state index contributed by atoms with van der Waals surface area (Å²) in [5.74, 6) is 0.667. The van der Waals surface area contributed by atoms with Crippen molar-refractivity contribution in [1.29, 1.82) is 0 Å². The number of ether oxygens (including phenoxy) is 1. The molecule has 1 heterocycles. The molecular weight excluding hydrogens is 388 g/mol. The number of carbonyl (C=O) groups excluding carboxylic acids is 2. The van der Waals surface area contributed by atoms with Gasteiger partial charge in [-0.2, -0.15) is 0 Å². The number of hydrogen-bond donors (Lipinski definition) is 1. The number of ketones is 1. The Bertz CT molecular complexity index is 933. The van der Waals surface area contributed by atoms with Crippen LogP contribution in [0.25, 0.3) is 0 Å². The fourth-order valence-electron chi connectivity index (χ4n) is 3.31. The van der Waals surface area contributed by atoms with E-state index in [1.54, 1.807) is 26.8 Å². The fourth-order valence-corrected chi connectivity index (χ4v) is 3.53. The highest BCUT2D eigenvalue weighted by Crippen LogP contribution is 2.36. The minimum absolute atomic E-state index is 0.0158. The van der Waals surface area contributed by atoms with Gasteiger partial charge in [-0.1, -0.05) is 29.3 Å². The van der Waals surface area contributed by atoms with E-state index in [4.69, 9.17) is 16.3 Å². The zero-order valence-corrected chi connectivity index (χ0v) is 18.7. The highest BCUT2D eigenvalue weighted by molar-refractivity contribution is 6.33. The number of phenols is 1. The van der Waals surface area contributed by atoms with Crippen LogP contribution in [-0.4, -0.2) is 22.8 Å². The molecule has 156 valence electrons. The summed E-state index contributed by atoms with van der Waals surface area (Å²) in [4.78, 5) is 23.2. The molecule has 1 N–H and O–H groups in total. The number of rotatable bonds is 7. The third-order valence-electron chi connectivity index (χ3n) is 5.45. The molecular formula is C24H29ClO4. The number of aromatic hydroxyl groups is 1. The first-order valence-electron chi connectivity index (χ1n) is 9.73. The topological polar surface area (TPSA) is 63.6 Å². The second kappa shape index (κ2) is 9.00. The van der Waals surface area contributed by atoms with Gasteiger partial charge in [-0.25, -0.2) is 0 Å². The normalized spacial score (nSPS) is 16.7. The van der Waals surface area contributed by atoms with Crippen LogP contribution in [0.5, 0.6) is 5.75 Å². The van der Waals surface area contributed by atoms with Crippen molar-refractivity contribution in [3.05, 3.63) is 62.4 Å². The van der Waals surface area contributed by atoms with Gasteiger partial charge in [0.2, 0.25) is 5.78 Å². The van der Waals surface area contributed by atoms with Gasteiger partial charge in [0.15, 0.2) is 11.9 Å². The van der Waals surface area contributed by atoms with Crippen LogP contribution in [0.15, 0.2) is 35.1 Å². The zero-order chi connectivity index (χ0) is 21.9. The summed E-state index contributed by atoms with van der Waals surface area (Å²) in [5, 5.41) is 10.6. The molecule has 1 aliphatic rings. The van der Waals surface area contributed by atoms with E-state index in [1.807, 2.05) is 26.8 Å². The molecule has 0 saturated carbocycles. The van der Waals surface area contributed by atoms with Crippen LogP contribution in [0.3, 0.4) is 0 Å². The molecule has 1 aromatic carbocycles. The van der Waals surface area contributed by atoms with Gasteiger partial charge >= 0.3 is 0 Å². The Balaban J connectivity index is 2.05. The van der Waals surface area contributed by atoms with E-state index in [2.05, 4.69) is 6.08 Å². The van der Waals surface area contributed by atoms with Crippen LogP contribution in [0.1, 0.15) is 67.6 Å². The molecule has 0 unspecified atom stereocenters. The molecule has 0 saturated heterocycles. The maximum absolute atomic E-state index is 11.9. The number of aldehydes is 1. The van der Waals surface area contributed by atoms with Gasteiger partial charge < -0.3 is 9.84 Å². The molecule has 0 atom stereocenters. The van der Waals surface area contributed by atoms with Crippen molar-refractivity contribution < 1.29 is 19.4 Å². The lowest BCUT2D eigenvalue weighted by Gasteiger charge is -2.18. The molecule has 5 heteroatoms. The van der Waals surface area contributed by atoms with Crippen molar-refractivity contribution >= 4 is 23.7 Å². The molecule has 0 bridgehead atoms. The van der Waals surface area contributed by atoms with Gasteiger partial charge in [-0.3, -0.25) is 9.59 Å². The Hall–Kier alpha value is -2.33. The summed E-state index contributed by atoms with van der Waals surface area (Å²) >= 11 is 6.19. The van der Waals surface area contributed by atoms with E-state index in [9.17, 15) is 14.7 Å². The predicted octanol–water partition coefficient (Wildman–Crippen LogP) is 5.95. The van der Waals surface area contributed by atoms with Crippen LogP contribution in [0.4, 0.5) is 0 Å². The third kappa shape index (κ3) is 4.99. The Morgan fingerprint density at radius 3 is 2.41 bits per heavy atom. The molecule has 0 spiro atoms. The lowest BCUT2D eigenvalue weighted by molar-refractivity contribution is -0.126. The molecule has 0 aromatic heterocycles. The summed E-state index contributed by atoms with van der Waals surface area (Å²) in [5.41, 5.74) is 3.91. The first-order valence-corrected chi connectivity index (χ1v) is 10.1. The van der Waals surface area contributed by atoms with Crippen molar-refractivity contribution in [2.45, 2.75) is 66.4 Å². The molecule has 4 nitrogen and oxygen atoms in total. The van der Waals surface area contributed by atoms with Gasteiger partial charge in [0.1, 0.15) is 11.5 Å². The SMILES string of the molecule is C/C(=C\Cc1c(C)c(C=O)c(C)c(Cl)c1O)CC/C=C(\C)C1=CC(=O)C(C)(C)O1. The van der Waals surface area contributed by atoms with E-state index in [1.165, 1.54) is 0 Å². The van der Waals surface area contributed by atoms with Crippen molar-refractivity contribution in [3.63, 3.8) is 0 Å². The molecule has 1 aliphatic heterocycles. The quantitative estimate of drug-likeness (QED) is 0.440. The predicted molar refractivity (Wildman–Crippen MR) is 117 cm³/mol. The van der Waals surface area contributed by atoms with E-state index in [-0.39, 0.29) is 16.6 Å². The summed E-state index contributed by atoms with van der Waals surface area (Å²) in [7, 11) is 0. The highest BCUT2D eigenvalue weighted by atomic mass is 35.5. The average molecular weight is 417 g/mol. The zero-order valence-electron chi connectivity index (χ0n) is 18.0. The van der Waals surface area contributed by atoms with Crippen LogP contribution in [-0.2, 0) is 16.0 Å². The first kappa shape index (κ1) is 23.0. The molecule has 1 aromatic rings. The highest BCUT2D eigenvalue weighted by Gasteiger charge is 2.35. The van der Waals surface area contributed by atoms with Gasteiger partial charge in [-0.15, -0.1) is 0 Å². The molecule has 0 radical (unpaired) electrons. The lowest BCUT2D eigenvalue weighted by Crippen LogP contribution is -2.27. The summed E-state index contributed by atoms with van der Waals surface area (Å²) < 4.78 is 5.71. The van der Waals surface area contributed by atoms with Gasteiger partial charge in [0, 0.05) is 17.2 Å². The minimum atomic E-state index is -0.782. The lowest BCUT2D eigenvalue weighted by atomic mass is 9.94. The maximum atomic E-state index is 11.9. The fraction of sp³-hybridized carbons (Fsp3) is 0.417. The van der Waals surface area contributed by atoms with E-state index in [0.29, 0.717) is 28.9 Å². The van der Waals surface area contributed by atoms with Crippen LogP contribution < -0.4 is 0 Å². The van der Waals surface area contributed by atoms with Crippen molar-refractivity contribution in [1.82, 2.24) is 0 Å². The molecule has 29 heavy (non-hydrogen) atoms. The Kier molecular flexibility index (Phi) is 7.12. The number of benzene rings is 1. The van der Waals surface area contributed by atoms with Gasteiger partial charge in [0.05, 0.1) is 5.02 Å². The standard InChI is InChI=1S/C24H29ClO4/c1-14(8-7-9-15(2)20-12-21(27)24(5,6)29-20)10-11-18-16(3)19(13-26)17(4)22(25)23(18)28/h9-10,12-13,28H,7-8,11H2,1-6H3/b14-10+,15-9+. The summed E-state index contributed by atoms with van der Waals surface area (Å²) in [6, 6.07) is 0. The van der Waals surface area contributed by atoms with Crippen LogP contribution in [0, 0.1) is 13.8 Å². The van der Waals surface area contributed by atoms with Crippen LogP contribution >= 0.6 is 11.6 Å². The smallest absolute Gasteiger partial charge is 0.202 e. The largest absolute Gasteiger partial charge is 0.506 e. The summed E-state index contributed by atoms with van der Waals surface area (Å²) in [6.07, 6.45) is 8.60. The number of hydrogen-bond acceptors (Lipinski definition) is 4. The Labute approximate surface area is 177 Å². The third-order valence-corrected chi connectivity index (χ3v) is 5.92. The first-order chi connectivity index (χ1) is 13.5. The molecule has 0 amide bonds. The monoisotopic (exact) mass is 416 g/mol. The van der Waals surface area contributed by atoms with E-state index < -0.39 is 5.60 Å². The molecule has 0 fully saturated rings. The molecule has 2 rings (SSSR count). The number of halogens is 1. The number of carbonyl (C=O) groups is 2. The van der Waals surface area contributed by atoms with Gasteiger partial charge in [0.25, 0.3) is 0 Å². The van der Waals surface area contributed by atoms with Crippen molar-refractivity contribution in [2.75, 3.05) is 0 Å². The Morgan fingerprint density at radius 2 is 1.86 bits per heavy atom. The Morgan fingerprint density at radius 1 is 1.21 bits per heavy atom. The minimum Gasteiger partial charge on any atom is -0.506 e. The molecule has 0 aliphatic carbocycles. The van der Waals surface area contributed by atoms with E-state index >= 15 is 0 Å². The van der Waals surface area contributed by atoms with Crippen molar-refractivity contribution in [2.24, 2.45) is 0 Å². The van der Waals surface area contributed by atoms with Crippen LogP contribution in [0.2, 0.25) is 5.02 Å². The second-order valence-electron chi connectivity index (χ2n) is 8.09. The number of phenolic OH excluding ortho intramolecular Hbond substituents is 1. The maximum Gasteiger partial charge on any atom is 0.202 e. The van der Waals surface area contributed by atoms with E-state index in [0.717, 1.165) is 35.8 Å². The van der Waals surface area contributed by atoms with Crippen molar-refractivity contribution in [3.8, 4) is 5.75 Å².